The average molecular weight is 192 g/mol. The van der Waals surface area contributed by atoms with E-state index in [-0.39, 0.29) is 6.29 Å². The van der Waals surface area contributed by atoms with Crippen LogP contribution in [-0.2, 0) is 9.47 Å². The fourth-order valence-corrected chi connectivity index (χ4v) is 0.776. The largest absolute Gasteiger partial charge is 0.449 e. The number of thiocarbonyl (C=S) groups is 2. The zero-order valence-electron chi connectivity index (χ0n) is 6.92. The number of hydrogen-bond acceptors (Lipinski definition) is 4. The van der Waals surface area contributed by atoms with Crippen LogP contribution >= 0.6 is 24.4 Å². The van der Waals surface area contributed by atoms with E-state index in [0.29, 0.717) is 10.1 Å². The molecule has 0 aromatic heterocycles. The third-order valence-electron chi connectivity index (χ3n) is 0.928. The average Bonchev–Trinajstić information content (AvgIpc) is 1.84. The molecule has 0 bridgehead atoms. The molecule has 0 aromatic rings. The van der Waals surface area contributed by atoms with E-state index >= 15 is 0 Å². The van der Waals surface area contributed by atoms with Gasteiger partial charge in [0.1, 0.15) is 0 Å². The molecule has 0 aliphatic heterocycles. The van der Waals surface area contributed by atoms with Crippen molar-refractivity contribution in [1.82, 2.24) is 0 Å². The summed E-state index contributed by atoms with van der Waals surface area (Å²) in [6.45, 7) is 5.36. The summed E-state index contributed by atoms with van der Waals surface area (Å²) < 4.78 is 10.3. The third kappa shape index (κ3) is 6.19. The first-order valence-corrected chi connectivity index (χ1v) is 4.22. The van der Waals surface area contributed by atoms with E-state index in [0.717, 1.165) is 6.42 Å². The standard InChI is InChI=1S/C7H12O2S2/c1-4-7(8-5(2)10)9-6(3)11/h7H,4H2,1-3H3. The van der Waals surface area contributed by atoms with Crippen molar-refractivity contribution in [3.63, 3.8) is 0 Å². The summed E-state index contributed by atoms with van der Waals surface area (Å²) in [4.78, 5) is 0. The van der Waals surface area contributed by atoms with E-state index in [1.54, 1.807) is 13.8 Å². The molecule has 0 rings (SSSR count). The molecular formula is C7H12O2S2. The number of rotatable bonds is 3. The van der Waals surface area contributed by atoms with Crippen LogP contribution in [0, 0.1) is 0 Å². The zero-order chi connectivity index (χ0) is 8.85. The minimum atomic E-state index is -0.315. The maximum absolute atomic E-state index is 5.13. The Morgan fingerprint density at radius 2 is 1.55 bits per heavy atom. The summed E-state index contributed by atoms with van der Waals surface area (Å²) in [6, 6.07) is 0. The molecule has 0 saturated heterocycles. The predicted octanol–water partition coefficient (Wildman–Crippen LogP) is 2.45. The summed E-state index contributed by atoms with van der Waals surface area (Å²) in [5.41, 5.74) is 0. The van der Waals surface area contributed by atoms with Crippen molar-refractivity contribution in [2.45, 2.75) is 33.5 Å². The molecule has 0 fully saturated rings. The molecule has 0 atom stereocenters. The van der Waals surface area contributed by atoms with Crippen LogP contribution in [0.15, 0.2) is 0 Å². The predicted molar refractivity (Wildman–Crippen MR) is 52.8 cm³/mol. The van der Waals surface area contributed by atoms with Crippen LogP contribution < -0.4 is 0 Å². The smallest absolute Gasteiger partial charge is 0.242 e. The normalized spacial score (nSPS) is 9.45. The molecular weight excluding hydrogens is 180 g/mol. The quantitative estimate of drug-likeness (QED) is 0.505. The van der Waals surface area contributed by atoms with Crippen molar-refractivity contribution >= 4 is 34.5 Å². The summed E-state index contributed by atoms with van der Waals surface area (Å²) >= 11 is 9.49. The fourth-order valence-electron chi connectivity index (χ4n) is 0.561. The lowest BCUT2D eigenvalue weighted by Gasteiger charge is -2.16. The van der Waals surface area contributed by atoms with E-state index in [9.17, 15) is 0 Å². The topological polar surface area (TPSA) is 18.5 Å². The highest BCUT2D eigenvalue weighted by Crippen LogP contribution is 2.02. The second-order valence-electron chi connectivity index (χ2n) is 2.06. The molecule has 64 valence electrons. The Kier molecular flexibility index (Phi) is 5.32. The van der Waals surface area contributed by atoms with Crippen molar-refractivity contribution in [2.24, 2.45) is 0 Å². The van der Waals surface area contributed by atoms with Gasteiger partial charge in [-0.05, 0) is 24.4 Å². The Morgan fingerprint density at radius 3 is 1.73 bits per heavy atom. The van der Waals surface area contributed by atoms with Gasteiger partial charge in [0.2, 0.25) is 6.29 Å². The molecule has 0 amide bonds. The summed E-state index contributed by atoms with van der Waals surface area (Å²) in [7, 11) is 0. The van der Waals surface area contributed by atoms with Gasteiger partial charge in [-0.1, -0.05) is 6.92 Å². The van der Waals surface area contributed by atoms with Crippen molar-refractivity contribution in [1.29, 1.82) is 0 Å². The van der Waals surface area contributed by atoms with E-state index in [1.165, 1.54) is 0 Å². The summed E-state index contributed by atoms with van der Waals surface area (Å²) in [6.07, 6.45) is 0.423. The molecule has 0 aliphatic rings. The van der Waals surface area contributed by atoms with Crippen LogP contribution in [0.25, 0.3) is 0 Å². The molecule has 0 radical (unpaired) electrons. The third-order valence-corrected chi connectivity index (χ3v) is 1.12. The summed E-state index contributed by atoms with van der Waals surface area (Å²) in [5, 5.41) is 0.959. The molecule has 0 heterocycles. The van der Waals surface area contributed by atoms with Gasteiger partial charge in [-0.2, -0.15) is 0 Å². The van der Waals surface area contributed by atoms with E-state index in [1.807, 2.05) is 6.92 Å². The Balaban J connectivity index is 3.76. The first-order valence-electron chi connectivity index (χ1n) is 3.40. The molecule has 2 nitrogen and oxygen atoms in total. The Bertz CT molecular complexity index is 141. The van der Waals surface area contributed by atoms with Gasteiger partial charge in [-0.15, -0.1) is 0 Å². The van der Waals surface area contributed by atoms with Crippen molar-refractivity contribution in [2.75, 3.05) is 0 Å². The molecule has 0 unspecified atom stereocenters. The SMILES string of the molecule is CCC(OC(C)=S)OC(C)=S. The van der Waals surface area contributed by atoms with Crippen molar-refractivity contribution < 1.29 is 9.47 Å². The van der Waals surface area contributed by atoms with Crippen molar-refractivity contribution in [3.05, 3.63) is 0 Å². The molecule has 0 spiro atoms. The van der Waals surface area contributed by atoms with Crippen LogP contribution in [0.4, 0.5) is 0 Å². The maximum atomic E-state index is 5.13. The van der Waals surface area contributed by atoms with Gasteiger partial charge in [0.15, 0.2) is 10.1 Å². The number of ether oxygens (including phenoxy) is 2. The van der Waals surface area contributed by atoms with Crippen LogP contribution in [0.3, 0.4) is 0 Å². The van der Waals surface area contributed by atoms with Gasteiger partial charge in [-0.3, -0.25) is 0 Å². The van der Waals surface area contributed by atoms with Crippen LogP contribution in [0.5, 0.6) is 0 Å². The van der Waals surface area contributed by atoms with Crippen LogP contribution in [0.2, 0.25) is 0 Å². The maximum Gasteiger partial charge on any atom is 0.242 e. The van der Waals surface area contributed by atoms with E-state index in [2.05, 4.69) is 0 Å². The first-order chi connectivity index (χ1) is 5.06. The molecule has 11 heavy (non-hydrogen) atoms. The Labute approximate surface area is 77.9 Å². The summed E-state index contributed by atoms with van der Waals surface area (Å²) in [5.74, 6) is 0. The first kappa shape index (κ1) is 10.8. The second-order valence-corrected chi connectivity index (χ2v) is 3.21. The van der Waals surface area contributed by atoms with Gasteiger partial charge in [0, 0.05) is 20.3 Å². The molecule has 0 N–H and O–H groups in total. The van der Waals surface area contributed by atoms with Gasteiger partial charge in [0.25, 0.3) is 0 Å². The van der Waals surface area contributed by atoms with Gasteiger partial charge in [-0.25, -0.2) is 0 Å². The minimum Gasteiger partial charge on any atom is -0.449 e. The van der Waals surface area contributed by atoms with Crippen LogP contribution in [-0.4, -0.2) is 16.4 Å². The zero-order valence-corrected chi connectivity index (χ0v) is 8.55. The van der Waals surface area contributed by atoms with Crippen LogP contribution in [0.1, 0.15) is 27.2 Å². The molecule has 0 saturated carbocycles. The lowest BCUT2D eigenvalue weighted by molar-refractivity contribution is -0.0130. The minimum absolute atomic E-state index is 0.315. The number of hydrogen-bond donors (Lipinski definition) is 0. The lowest BCUT2D eigenvalue weighted by Crippen LogP contribution is -2.19. The van der Waals surface area contributed by atoms with E-state index < -0.39 is 0 Å². The van der Waals surface area contributed by atoms with Crippen molar-refractivity contribution in [3.8, 4) is 0 Å². The molecule has 0 aromatic carbocycles. The monoisotopic (exact) mass is 192 g/mol. The van der Waals surface area contributed by atoms with Gasteiger partial charge < -0.3 is 9.47 Å². The Hall–Kier alpha value is -0.220. The highest BCUT2D eigenvalue weighted by molar-refractivity contribution is 7.80. The van der Waals surface area contributed by atoms with Gasteiger partial charge in [0.05, 0.1) is 0 Å². The molecule has 4 heteroatoms. The lowest BCUT2D eigenvalue weighted by atomic mass is 10.5. The van der Waals surface area contributed by atoms with Gasteiger partial charge >= 0.3 is 0 Å². The molecule has 0 aliphatic carbocycles. The second kappa shape index (κ2) is 5.43. The Morgan fingerprint density at radius 1 is 1.18 bits per heavy atom. The fraction of sp³-hybridized carbons (Fsp3) is 0.714. The highest BCUT2D eigenvalue weighted by atomic mass is 32.1. The highest BCUT2D eigenvalue weighted by Gasteiger charge is 2.07. The van der Waals surface area contributed by atoms with E-state index in [4.69, 9.17) is 33.9 Å².